The van der Waals surface area contributed by atoms with Gasteiger partial charge in [0, 0.05) is 45.1 Å². The van der Waals surface area contributed by atoms with E-state index in [1.165, 1.54) is 19.3 Å². The number of ether oxygens (including phenoxy) is 1. The molecular weight excluding hydrogens is 344 g/mol. The van der Waals surface area contributed by atoms with Crippen molar-refractivity contribution in [2.45, 2.75) is 31.4 Å². The van der Waals surface area contributed by atoms with Crippen LogP contribution in [-0.2, 0) is 18.8 Å². The highest BCUT2D eigenvalue weighted by molar-refractivity contribution is 5.94. The molecule has 4 rings (SSSR count). The lowest BCUT2D eigenvalue weighted by atomic mass is 9.98. The number of hydrogen-bond acceptors (Lipinski definition) is 5. The molecule has 2 saturated heterocycles. The number of amides is 1. The molecule has 2 aromatic heterocycles. The van der Waals surface area contributed by atoms with E-state index in [2.05, 4.69) is 15.1 Å². The second-order valence-electron chi connectivity index (χ2n) is 7.56. The lowest BCUT2D eigenvalue weighted by Gasteiger charge is -2.43. The molecule has 2 fully saturated rings. The second kappa shape index (κ2) is 7.82. The highest BCUT2D eigenvalue weighted by atomic mass is 16.5. The number of aromatic nitrogens is 4. The molecule has 2 aromatic rings. The number of carbonyl (C=O) groups is 1. The molecule has 8 heteroatoms. The van der Waals surface area contributed by atoms with E-state index in [9.17, 15) is 4.79 Å². The average Bonchev–Trinajstić information content (AvgIpc) is 3.30. The largest absolute Gasteiger partial charge is 0.373 e. The minimum Gasteiger partial charge on any atom is -0.373 e. The first kappa shape index (κ1) is 18.2. The van der Waals surface area contributed by atoms with Gasteiger partial charge in [-0.2, -0.15) is 10.2 Å². The smallest absolute Gasteiger partial charge is 0.257 e. The second-order valence-corrected chi connectivity index (χ2v) is 7.56. The number of carbonyl (C=O) groups excluding carboxylic acids is 1. The molecule has 0 saturated carbocycles. The van der Waals surface area contributed by atoms with Crippen molar-refractivity contribution >= 4 is 5.91 Å². The van der Waals surface area contributed by atoms with Crippen molar-refractivity contribution in [3.63, 3.8) is 0 Å². The average molecular weight is 372 g/mol. The lowest BCUT2D eigenvalue weighted by molar-refractivity contribution is -0.0741. The number of likely N-dealkylation sites (tertiary alicyclic amines) is 1. The zero-order chi connectivity index (χ0) is 18.8. The maximum atomic E-state index is 13.2. The van der Waals surface area contributed by atoms with E-state index in [0.29, 0.717) is 18.7 Å². The topological polar surface area (TPSA) is 68.4 Å². The predicted molar refractivity (Wildman–Crippen MR) is 100 cm³/mol. The van der Waals surface area contributed by atoms with Crippen molar-refractivity contribution in [2.75, 3.05) is 32.8 Å². The number of rotatable bonds is 4. The molecule has 146 valence electrons. The van der Waals surface area contributed by atoms with Crippen LogP contribution in [0.1, 0.15) is 41.2 Å². The fourth-order valence-electron chi connectivity index (χ4n) is 4.20. The molecule has 27 heavy (non-hydrogen) atoms. The van der Waals surface area contributed by atoms with Gasteiger partial charge in [0.05, 0.1) is 36.7 Å². The molecule has 0 bridgehead atoms. The Morgan fingerprint density at radius 1 is 1.07 bits per heavy atom. The Labute approximate surface area is 159 Å². The highest BCUT2D eigenvalue weighted by Crippen LogP contribution is 2.31. The van der Waals surface area contributed by atoms with Gasteiger partial charge in [-0.25, -0.2) is 0 Å². The van der Waals surface area contributed by atoms with Crippen molar-refractivity contribution in [2.24, 2.45) is 14.1 Å². The summed E-state index contributed by atoms with van der Waals surface area (Å²) in [5, 5.41) is 8.50. The van der Waals surface area contributed by atoms with Crippen LogP contribution in [0.3, 0.4) is 0 Å². The number of piperidine rings is 1. The quantitative estimate of drug-likeness (QED) is 0.807. The van der Waals surface area contributed by atoms with Crippen LogP contribution in [0.5, 0.6) is 0 Å². The van der Waals surface area contributed by atoms with Crippen LogP contribution in [0, 0.1) is 0 Å². The van der Waals surface area contributed by atoms with Gasteiger partial charge < -0.3 is 14.5 Å². The van der Waals surface area contributed by atoms with Gasteiger partial charge in [-0.1, -0.05) is 6.42 Å². The van der Waals surface area contributed by atoms with E-state index >= 15 is 0 Å². The SMILES string of the molecule is Cn1cc(C(=O)N2CCO[C@@H](CN3CCCCC3)[C@@H]2c2cnn(C)c2)cn1. The van der Waals surface area contributed by atoms with Crippen molar-refractivity contribution in [3.8, 4) is 0 Å². The van der Waals surface area contributed by atoms with E-state index < -0.39 is 0 Å². The third-order valence-electron chi connectivity index (χ3n) is 5.52. The first-order valence-electron chi connectivity index (χ1n) is 9.74. The third-order valence-corrected chi connectivity index (χ3v) is 5.52. The van der Waals surface area contributed by atoms with E-state index in [4.69, 9.17) is 4.74 Å². The van der Waals surface area contributed by atoms with E-state index in [0.717, 1.165) is 25.2 Å². The molecule has 2 atom stereocenters. The molecule has 8 nitrogen and oxygen atoms in total. The van der Waals surface area contributed by atoms with Crippen molar-refractivity contribution in [3.05, 3.63) is 35.9 Å². The Morgan fingerprint density at radius 3 is 2.48 bits per heavy atom. The number of nitrogens with zero attached hydrogens (tertiary/aromatic N) is 6. The van der Waals surface area contributed by atoms with Crippen LogP contribution in [-0.4, -0.2) is 74.2 Å². The summed E-state index contributed by atoms with van der Waals surface area (Å²) in [7, 11) is 3.73. The van der Waals surface area contributed by atoms with Crippen LogP contribution in [0.25, 0.3) is 0 Å². The molecule has 2 aliphatic heterocycles. The summed E-state index contributed by atoms with van der Waals surface area (Å²) in [5.74, 6) is 0.00361. The van der Waals surface area contributed by atoms with Crippen molar-refractivity contribution < 1.29 is 9.53 Å². The molecule has 2 aliphatic rings. The molecule has 1 amide bonds. The molecular formula is C19H28N6O2. The molecule has 0 radical (unpaired) electrons. The zero-order valence-electron chi connectivity index (χ0n) is 16.1. The van der Waals surface area contributed by atoms with Crippen LogP contribution >= 0.6 is 0 Å². The maximum absolute atomic E-state index is 13.2. The van der Waals surface area contributed by atoms with Crippen LogP contribution in [0.2, 0.25) is 0 Å². The summed E-state index contributed by atoms with van der Waals surface area (Å²) >= 11 is 0. The Kier molecular flexibility index (Phi) is 5.27. The summed E-state index contributed by atoms with van der Waals surface area (Å²) in [5.41, 5.74) is 1.64. The normalized spacial score (nSPS) is 24.3. The summed E-state index contributed by atoms with van der Waals surface area (Å²) in [6, 6.07) is -0.137. The zero-order valence-corrected chi connectivity index (χ0v) is 16.1. The van der Waals surface area contributed by atoms with Crippen LogP contribution < -0.4 is 0 Å². The van der Waals surface area contributed by atoms with Crippen molar-refractivity contribution in [1.29, 1.82) is 0 Å². The first-order valence-corrected chi connectivity index (χ1v) is 9.74. The molecule has 4 heterocycles. The van der Waals surface area contributed by atoms with E-state index in [1.807, 2.05) is 31.4 Å². The Bertz CT molecular complexity index is 779. The standard InChI is InChI=1S/C19H28N6O2/c1-22-12-15(10-20-22)18-17(14-24-6-4-3-5-7-24)27-9-8-25(18)19(26)16-11-21-23(2)13-16/h10-13,17-18H,3-9,14H2,1-2H3/t17-,18-/m0/s1. The van der Waals surface area contributed by atoms with Gasteiger partial charge in [-0.3, -0.25) is 14.2 Å². The van der Waals surface area contributed by atoms with Crippen molar-refractivity contribution in [1.82, 2.24) is 29.4 Å². The summed E-state index contributed by atoms with van der Waals surface area (Å²) in [6.45, 7) is 4.19. The van der Waals surface area contributed by atoms with Crippen LogP contribution in [0.15, 0.2) is 24.8 Å². The molecule has 0 unspecified atom stereocenters. The van der Waals surface area contributed by atoms with Gasteiger partial charge >= 0.3 is 0 Å². The van der Waals surface area contributed by atoms with Gasteiger partial charge in [0.2, 0.25) is 0 Å². The molecule has 0 N–H and O–H groups in total. The van der Waals surface area contributed by atoms with Gasteiger partial charge in [-0.05, 0) is 25.9 Å². The first-order chi connectivity index (χ1) is 13.1. The number of hydrogen-bond donors (Lipinski definition) is 0. The predicted octanol–water partition coefficient (Wildman–Crippen LogP) is 1.22. The Morgan fingerprint density at radius 2 is 1.81 bits per heavy atom. The molecule has 0 spiro atoms. The summed E-state index contributed by atoms with van der Waals surface area (Å²) in [6.07, 6.45) is 11.0. The Hall–Kier alpha value is -2.19. The van der Waals surface area contributed by atoms with Crippen LogP contribution in [0.4, 0.5) is 0 Å². The van der Waals surface area contributed by atoms with E-state index in [-0.39, 0.29) is 18.1 Å². The maximum Gasteiger partial charge on any atom is 0.257 e. The van der Waals surface area contributed by atoms with Gasteiger partial charge in [0.1, 0.15) is 0 Å². The summed E-state index contributed by atoms with van der Waals surface area (Å²) < 4.78 is 9.64. The lowest BCUT2D eigenvalue weighted by Crippen LogP contribution is -2.52. The third kappa shape index (κ3) is 3.91. The minimum atomic E-state index is -0.137. The van der Waals surface area contributed by atoms with E-state index in [1.54, 1.807) is 21.8 Å². The number of aryl methyl sites for hydroxylation is 2. The van der Waals surface area contributed by atoms with Gasteiger partial charge in [-0.15, -0.1) is 0 Å². The molecule has 0 aromatic carbocycles. The fraction of sp³-hybridized carbons (Fsp3) is 0.632. The Balaban J connectivity index is 1.61. The highest BCUT2D eigenvalue weighted by Gasteiger charge is 2.38. The summed E-state index contributed by atoms with van der Waals surface area (Å²) in [4.78, 5) is 17.6. The minimum absolute atomic E-state index is 0.00361. The van der Waals surface area contributed by atoms with Gasteiger partial charge in [0.15, 0.2) is 0 Å². The molecule has 0 aliphatic carbocycles. The number of morpholine rings is 1. The van der Waals surface area contributed by atoms with Gasteiger partial charge in [0.25, 0.3) is 5.91 Å². The monoisotopic (exact) mass is 372 g/mol. The fourth-order valence-corrected chi connectivity index (χ4v) is 4.20.